The van der Waals surface area contributed by atoms with Crippen LogP contribution < -0.4 is 25.4 Å². The smallest absolute Gasteiger partial charge is 0.410 e. The summed E-state index contributed by atoms with van der Waals surface area (Å²) >= 11 is 0. The molecule has 0 bridgehead atoms. The molecule has 2 saturated carbocycles. The standard InChI is InChI=1S/C50H73N9O10/c1-11-32-28-50(32,45(62)63)54-43(60)38-26-35(29-58(38)44(61)42(48(5,6)7)53-46(64)68-34-13-12-31(4)24-34)67-39-27-41(59-17-16-40(55-59)51-30(2)3)52-37-25-33(14-15-36(37)39)66-23-22-56-18-20-57(21-19-56)47(65)69-49(8,9)10/h14-17,25,27,30-32,34-35,38,42H,11-13,18-24,26,28-29H2,1-10H3,(H,51,55)(H,53,64)(H,54,60)(H,62,63)/t31?,32?,34?,35-,38?,42?,50-/m1/s1. The molecular weight excluding hydrogens is 887 g/mol. The van der Waals surface area contributed by atoms with Gasteiger partial charge in [0.15, 0.2) is 5.82 Å². The Morgan fingerprint density at radius 2 is 1.70 bits per heavy atom. The number of benzene rings is 1. The van der Waals surface area contributed by atoms with Crippen molar-refractivity contribution < 1.29 is 48.0 Å². The van der Waals surface area contributed by atoms with E-state index in [0.717, 1.165) is 19.3 Å². The number of nitrogens with one attached hydrogen (secondary N) is 3. The molecule has 2 saturated heterocycles. The van der Waals surface area contributed by atoms with E-state index in [1.807, 2.05) is 86.6 Å². The number of carbonyl (C=O) groups is 5. The normalized spacial score (nSPS) is 24.5. The number of carbonyl (C=O) groups excluding carboxylic acids is 4. The second-order valence-electron chi connectivity index (χ2n) is 21.7. The maximum Gasteiger partial charge on any atom is 0.410 e. The lowest BCUT2D eigenvalue weighted by Crippen LogP contribution is -2.59. The monoisotopic (exact) mass is 960 g/mol. The molecule has 7 atom stereocenters. The molecule has 4 N–H and O–H groups in total. The number of alkyl carbamates (subject to hydrolysis) is 1. The lowest BCUT2D eigenvalue weighted by molar-refractivity contribution is -0.146. The number of carboxylic acid groups (broad SMARTS) is 1. The highest BCUT2D eigenvalue weighted by atomic mass is 16.6. The van der Waals surface area contributed by atoms with E-state index in [2.05, 4.69) is 27.8 Å². The maximum absolute atomic E-state index is 14.8. The molecule has 19 nitrogen and oxygen atoms in total. The molecule has 7 rings (SSSR count). The van der Waals surface area contributed by atoms with E-state index >= 15 is 0 Å². The van der Waals surface area contributed by atoms with Crippen LogP contribution in [0.4, 0.5) is 15.4 Å². The van der Waals surface area contributed by atoms with Gasteiger partial charge < -0.3 is 49.8 Å². The largest absolute Gasteiger partial charge is 0.492 e. The lowest BCUT2D eigenvalue weighted by atomic mass is 9.85. The summed E-state index contributed by atoms with van der Waals surface area (Å²) in [5.41, 5.74) is -2.23. The van der Waals surface area contributed by atoms with Gasteiger partial charge in [-0.1, -0.05) is 41.0 Å². The van der Waals surface area contributed by atoms with Gasteiger partial charge in [0.2, 0.25) is 11.8 Å². The first-order valence-electron chi connectivity index (χ1n) is 24.6. The fourth-order valence-corrected chi connectivity index (χ4v) is 9.59. The molecule has 4 aliphatic rings. The number of hydrogen-bond acceptors (Lipinski definition) is 13. The minimum absolute atomic E-state index is 0.0335. The Kier molecular flexibility index (Phi) is 15.2. The van der Waals surface area contributed by atoms with Crippen molar-refractivity contribution in [2.45, 2.75) is 149 Å². The van der Waals surface area contributed by atoms with Crippen LogP contribution in [-0.2, 0) is 23.9 Å². The Morgan fingerprint density at radius 1 is 0.957 bits per heavy atom. The molecule has 0 spiro atoms. The second-order valence-corrected chi connectivity index (χ2v) is 21.7. The molecule has 4 amide bonds. The number of hydrogen-bond donors (Lipinski definition) is 4. The molecule has 19 heteroatoms. The summed E-state index contributed by atoms with van der Waals surface area (Å²) in [4.78, 5) is 78.1. The number of nitrogens with zero attached hydrogens (tertiary/aromatic N) is 6. The summed E-state index contributed by atoms with van der Waals surface area (Å²) in [5, 5.41) is 24.6. The van der Waals surface area contributed by atoms with Gasteiger partial charge in [0.25, 0.3) is 0 Å². The summed E-state index contributed by atoms with van der Waals surface area (Å²) < 4.78 is 26.1. The third-order valence-corrected chi connectivity index (χ3v) is 13.5. The van der Waals surface area contributed by atoms with E-state index in [-0.39, 0.29) is 43.5 Å². The first-order chi connectivity index (χ1) is 32.5. The number of aliphatic carboxylic acids is 1. The Morgan fingerprint density at radius 3 is 2.32 bits per heavy atom. The van der Waals surface area contributed by atoms with Crippen LogP contribution in [0.5, 0.6) is 11.5 Å². The molecule has 3 aromatic rings. The van der Waals surface area contributed by atoms with Crippen molar-refractivity contribution in [2.24, 2.45) is 17.3 Å². The van der Waals surface area contributed by atoms with Crippen LogP contribution in [0.3, 0.4) is 0 Å². The van der Waals surface area contributed by atoms with E-state index in [1.165, 1.54) is 4.90 Å². The highest BCUT2D eigenvalue weighted by Gasteiger charge is 2.61. The van der Waals surface area contributed by atoms with Crippen molar-refractivity contribution >= 4 is 46.7 Å². The summed E-state index contributed by atoms with van der Waals surface area (Å²) in [5.74, 6) is 0.0656. The molecule has 4 fully saturated rings. The number of piperazine rings is 1. The zero-order valence-electron chi connectivity index (χ0n) is 42.0. The van der Waals surface area contributed by atoms with Gasteiger partial charge in [-0.3, -0.25) is 14.5 Å². The molecule has 2 aliphatic heterocycles. The van der Waals surface area contributed by atoms with Gasteiger partial charge in [0.1, 0.15) is 59.4 Å². The highest BCUT2D eigenvalue weighted by Crippen LogP contribution is 2.46. The first-order valence-corrected chi connectivity index (χ1v) is 24.6. The number of pyridine rings is 1. The summed E-state index contributed by atoms with van der Waals surface area (Å²) in [6, 6.07) is 7.08. The van der Waals surface area contributed by atoms with E-state index in [1.54, 1.807) is 21.8 Å². The van der Waals surface area contributed by atoms with Crippen LogP contribution >= 0.6 is 0 Å². The predicted octanol–water partition coefficient (Wildman–Crippen LogP) is 6.22. The van der Waals surface area contributed by atoms with E-state index in [4.69, 9.17) is 29.0 Å². The molecular formula is C50H73N9O10. The van der Waals surface area contributed by atoms with Gasteiger partial charge >= 0.3 is 18.2 Å². The van der Waals surface area contributed by atoms with Crippen LogP contribution in [0.25, 0.3) is 16.7 Å². The minimum atomic E-state index is -1.43. The Labute approximate surface area is 405 Å². The summed E-state index contributed by atoms with van der Waals surface area (Å²) in [6.07, 6.45) is 3.12. The Balaban J connectivity index is 1.13. The second kappa shape index (κ2) is 20.6. The first kappa shape index (κ1) is 51.0. The average molecular weight is 960 g/mol. The van der Waals surface area contributed by atoms with Crippen LogP contribution in [0.2, 0.25) is 0 Å². The number of carboxylic acids is 1. The zero-order chi connectivity index (χ0) is 50.0. The fraction of sp³-hybridized carbons (Fsp3) is 0.660. The van der Waals surface area contributed by atoms with Crippen molar-refractivity contribution in [1.29, 1.82) is 0 Å². The molecule has 378 valence electrons. The van der Waals surface area contributed by atoms with Gasteiger partial charge in [0.05, 0.1) is 12.1 Å². The van der Waals surface area contributed by atoms with Crippen molar-refractivity contribution in [3.05, 3.63) is 36.5 Å². The topological polar surface area (TPSA) is 219 Å². The highest BCUT2D eigenvalue weighted by molar-refractivity contribution is 5.96. The SMILES string of the molecule is CCC1C[C@]1(NC(=O)C1C[C@@H](Oc2cc(-n3ccc(NC(C)C)n3)nc3cc(OCCN4CCN(C(=O)OC(C)(C)C)CC4)ccc23)CN1C(=O)C(NC(=O)OC1CCC(C)C1)C(C)(C)C)C(=O)O. The van der Waals surface area contributed by atoms with Crippen molar-refractivity contribution in [1.82, 2.24) is 40.1 Å². The van der Waals surface area contributed by atoms with Gasteiger partial charge in [0, 0.05) is 75.0 Å². The molecule has 2 aliphatic carbocycles. The quantitative estimate of drug-likeness (QED) is 0.125. The van der Waals surface area contributed by atoms with Crippen molar-refractivity contribution in [3.63, 3.8) is 0 Å². The average Bonchev–Trinajstić information content (AvgIpc) is 3.57. The van der Waals surface area contributed by atoms with Gasteiger partial charge in [-0.05, 0) is 89.7 Å². The van der Waals surface area contributed by atoms with Gasteiger partial charge in [-0.15, -0.1) is 5.10 Å². The Hall–Kier alpha value is -5.85. The van der Waals surface area contributed by atoms with Gasteiger partial charge in [-0.25, -0.2) is 24.0 Å². The molecule has 0 radical (unpaired) electrons. The summed E-state index contributed by atoms with van der Waals surface area (Å²) in [7, 11) is 0. The minimum Gasteiger partial charge on any atom is -0.492 e. The fourth-order valence-electron chi connectivity index (χ4n) is 9.59. The summed E-state index contributed by atoms with van der Waals surface area (Å²) in [6.45, 7) is 22.6. The maximum atomic E-state index is 14.8. The predicted molar refractivity (Wildman–Crippen MR) is 258 cm³/mol. The third-order valence-electron chi connectivity index (χ3n) is 13.5. The number of likely N-dealkylation sites (tertiary alicyclic amines) is 1. The number of anilines is 1. The lowest BCUT2D eigenvalue weighted by Gasteiger charge is -2.35. The Bertz CT molecular complexity index is 2350. The van der Waals surface area contributed by atoms with Crippen molar-refractivity contribution in [3.8, 4) is 17.3 Å². The number of aromatic nitrogens is 3. The molecule has 69 heavy (non-hydrogen) atoms. The van der Waals surface area contributed by atoms with Crippen LogP contribution in [-0.4, -0.2) is 152 Å². The van der Waals surface area contributed by atoms with Crippen molar-refractivity contribution in [2.75, 3.05) is 51.2 Å². The van der Waals surface area contributed by atoms with E-state index < -0.39 is 58.6 Å². The van der Waals surface area contributed by atoms with Crippen LogP contribution in [0, 0.1) is 17.3 Å². The van der Waals surface area contributed by atoms with E-state index in [9.17, 15) is 29.1 Å². The molecule has 5 unspecified atom stereocenters. The third kappa shape index (κ3) is 12.5. The van der Waals surface area contributed by atoms with Gasteiger partial charge in [-0.2, -0.15) is 0 Å². The van der Waals surface area contributed by atoms with Crippen LogP contribution in [0.15, 0.2) is 36.5 Å². The number of ether oxygens (including phenoxy) is 4. The number of amides is 4. The zero-order valence-corrected chi connectivity index (χ0v) is 42.0. The number of rotatable bonds is 16. The van der Waals surface area contributed by atoms with Crippen LogP contribution in [0.1, 0.15) is 108 Å². The molecule has 4 heterocycles. The molecule has 2 aromatic heterocycles. The molecule has 1 aromatic carbocycles. The number of fused-ring (bicyclic) bond motifs is 1. The van der Waals surface area contributed by atoms with E-state index in [0.29, 0.717) is 85.7 Å².